The number of hydrogen-bond acceptors (Lipinski definition) is 2. The lowest BCUT2D eigenvalue weighted by atomic mass is 10.1. The van der Waals surface area contributed by atoms with E-state index in [1.807, 2.05) is 60.7 Å². The van der Waals surface area contributed by atoms with E-state index in [0.717, 1.165) is 27.8 Å². The highest BCUT2D eigenvalue weighted by Crippen LogP contribution is 2.21. The standard InChI is InChI=1S/C20H20N2O2/c1-22(14-17-9-5-6-10-19(17)24-2)20(23)21-18-12-11-15-7-3-4-8-16(15)13-18/h3-13H,14H2,1-2H3,(H,21,23). The van der Waals surface area contributed by atoms with E-state index < -0.39 is 0 Å². The molecular formula is C20H20N2O2. The number of methoxy groups -OCH3 is 1. The van der Waals surface area contributed by atoms with Crippen LogP contribution in [0, 0.1) is 0 Å². The van der Waals surface area contributed by atoms with Gasteiger partial charge in [0.1, 0.15) is 5.75 Å². The van der Waals surface area contributed by atoms with Crippen molar-refractivity contribution in [1.82, 2.24) is 4.90 Å². The lowest BCUT2D eigenvalue weighted by Gasteiger charge is -2.19. The second-order valence-electron chi connectivity index (χ2n) is 5.66. The van der Waals surface area contributed by atoms with Crippen molar-refractivity contribution in [3.63, 3.8) is 0 Å². The second kappa shape index (κ2) is 7.04. The minimum Gasteiger partial charge on any atom is -0.496 e. The van der Waals surface area contributed by atoms with Gasteiger partial charge in [-0.1, -0.05) is 48.5 Å². The molecule has 0 aliphatic carbocycles. The van der Waals surface area contributed by atoms with E-state index in [0.29, 0.717) is 6.54 Å². The van der Waals surface area contributed by atoms with Crippen LogP contribution in [0.2, 0.25) is 0 Å². The highest BCUT2D eigenvalue weighted by atomic mass is 16.5. The Labute approximate surface area is 141 Å². The number of benzene rings is 3. The van der Waals surface area contributed by atoms with E-state index >= 15 is 0 Å². The molecule has 0 aliphatic heterocycles. The maximum Gasteiger partial charge on any atom is 0.321 e. The van der Waals surface area contributed by atoms with Gasteiger partial charge < -0.3 is 15.0 Å². The molecule has 0 atom stereocenters. The number of urea groups is 1. The lowest BCUT2D eigenvalue weighted by Crippen LogP contribution is -2.30. The largest absolute Gasteiger partial charge is 0.496 e. The first kappa shape index (κ1) is 15.9. The topological polar surface area (TPSA) is 41.6 Å². The van der Waals surface area contributed by atoms with Crippen LogP contribution in [0.1, 0.15) is 5.56 Å². The number of para-hydroxylation sites is 1. The van der Waals surface area contributed by atoms with Crippen molar-refractivity contribution in [3.05, 3.63) is 72.3 Å². The van der Waals surface area contributed by atoms with Gasteiger partial charge in [0.25, 0.3) is 0 Å². The monoisotopic (exact) mass is 320 g/mol. The first-order chi connectivity index (χ1) is 11.7. The molecule has 24 heavy (non-hydrogen) atoms. The molecule has 2 amide bonds. The molecule has 4 heteroatoms. The Bertz CT molecular complexity index is 861. The summed E-state index contributed by atoms with van der Waals surface area (Å²) in [4.78, 5) is 14.1. The van der Waals surface area contributed by atoms with E-state index in [1.54, 1.807) is 19.1 Å². The number of amides is 2. The average molecular weight is 320 g/mol. The summed E-state index contributed by atoms with van der Waals surface area (Å²) in [5.74, 6) is 0.780. The fraction of sp³-hybridized carbons (Fsp3) is 0.150. The van der Waals surface area contributed by atoms with E-state index in [4.69, 9.17) is 4.74 Å². The Hall–Kier alpha value is -3.01. The maximum atomic E-state index is 12.4. The highest BCUT2D eigenvalue weighted by Gasteiger charge is 2.12. The van der Waals surface area contributed by atoms with E-state index in [9.17, 15) is 4.79 Å². The predicted molar refractivity (Wildman–Crippen MR) is 97.4 cm³/mol. The molecule has 0 bridgehead atoms. The first-order valence-corrected chi connectivity index (χ1v) is 7.80. The van der Waals surface area contributed by atoms with Crippen molar-refractivity contribution in [2.75, 3.05) is 19.5 Å². The number of hydrogen-bond donors (Lipinski definition) is 1. The molecule has 0 heterocycles. The normalized spacial score (nSPS) is 10.4. The quantitative estimate of drug-likeness (QED) is 0.768. The third-order valence-corrected chi connectivity index (χ3v) is 3.95. The van der Waals surface area contributed by atoms with Crippen molar-refractivity contribution >= 4 is 22.5 Å². The van der Waals surface area contributed by atoms with Crippen molar-refractivity contribution in [3.8, 4) is 5.75 Å². The molecule has 0 saturated carbocycles. The summed E-state index contributed by atoms with van der Waals surface area (Å²) in [5.41, 5.74) is 1.75. The minimum atomic E-state index is -0.156. The van der Waals surface area contributed by atoms with E-state index in [-0.39, 0.29) is 6.03 Å². The van der Waals surface area contributed by atoms with Gasteiger partial charge in [-0.3, -0.25) is 0 Å². The summed E-state index contributed by atoms with van der Waals surface area (Å²) in [5, 5.41) is 5.19. The molecule has 122 valence electrons. The predicted octanol–water partition coefficient (Wildman–Crippen LogP) is 4.51. The molecule has 0 saturated heterocycles. The van der Waals surface area contributed by atoms with E-state index in [2.05, 4.69) is 11.4 Å². The zero-order valence-corrected chi connectivity index (χ0v) is 13.8. The minimum absolute atomic E-state index is 0.156. The van der Waals surface area contributed by atoms with Crippen molar-refractivity contribution in [2.24, 2.45) is 0 Å². The fourth-order valence-electron chi connectivity index (χ4n) is 2.65. The molecule has 4 nitrogen and oxygen atoms in total. The summed E-state index contributed by atoms with van der Waals surface area (Å²) >= 11 is 0. The first-order valence-electron chi connectivity index (χ1n) is 7.80. The number of rotatable bonds is 4. The molecule has 0 fully saturated rings. The lowest BCUT2D eigenvalue weighted by molar-refractivity contribution is 0.220. The van der Waals surface area contributed by atoms with Gasteiger partial charge in [-0.25, -0.2) is 4.79 Å². The van der Waals surface area contributed by atoms with Gasteiger partial charge in [0.05, 0.1) is 13.7 Å². The van der Waals surface area contributed by atoms with Crippen LogP contribution in [0.3, 0.4) is 0 Å². The van der Waals surface area contributed by atoms with Gasteiger partial charge in [0.15, 0.2) is 0 Å². The van der Waals surface area contributed by atoms with Gasteiger partial charge in [0.2, 0.25) is 0 Å². The molecule has 3 aromatic rings. The number of nitrogens with one attached hydrogen (secondary N) is 1. The molecule has 0 aliphatic rings. The Kier molecular flexibility index (Phi) is 4.66. The number of carbonyl (C=O) groups is 1. The van der Waals surface area contributed by atoms with Gasteiger partial charge in [-0.2, -0.15) is 0 Å². The maximum absolute atomic E-state index is 12.4. The van der Waals surface area contributed by atoms with Gasteiger partial charge >= 0.3 is 6.03 Å². The number of anilines is 1. The smallest absolute Gasteiger partial charge is 0.321 e. The van der Waals surface area contributed by atoms with Crippen LogP contribution in [0.15, 0.2) is 66.7 Å². The Morgan fingerprint density at radius 2 is 1.71 bits per heavy atom. The third-order valence-electron chi connectivity index (χ3n) is 3.95. The average Bonchev–Trinajstić information content (AvgIpc) is 2.62. The van der Waals surface area contributed by atoms with Gasteiger partial charge in [0, 0.05) is 18.3 Å². The summed E-state index contributed by atoms with van der Waals surface area (Å²) in [6.07, 6.45) is 0. The van der Waals surface area contributed by atoms with E-state index in [1.165, 1.54) is 0 Å². The van der Waals surface area contributed by atoms with Crippen LogP contribution in [-0.4, -0.2) is 25.1 Å². The molecule has 3 aromatic carbocycles. The molecule has 0 aromatic heterocycles. The number of nitrogens with zero attached hydrogens (tertiary/aromatic N) is 1. The van der Waals surface area contributed by atoms with Crippen LogP contribution in [0.5, 0.6) is 5.75 Å². The van der Waals surface area contributed by atoms with Crippen LogP contribution >= 0.6 is 0 Å². The molecule has 1 N–H and O–H groups in total. The van der Waals surface area contributed by atoms with Crippen LogP contribution < -0.4 is 10.1 Å². The molecule has 0 unspecified atom stereocenters. The number of fused-ring (bicyclic) bond motifs is 1. The zero-order valence-electron chi connectivity index (χ0n) is 13.8. The van der Waals surface area contributed by atoms with Crippen LogP contribution in [-0.2, 0) is 6.54 Å². The van der Waals surface area contributed by atoms with Crippen LogP contribution in [0.25, 0.3) is 10.8 Å². The van der Waals surface area contributed by atoms with Crippen molar-refractivity contribution in [1.29, 1.82) is 0 Å². The summed E-state index contributed by atoms with van der Waals surface area (Å²) < 4.78 is 5.33. The van der Waals surface area contributed by atoms with Crippen molar-refractivity contribution < 1.29 is 9.53 Å². The van der Waals surface area contributed by atoms with Crippen LogP contribution in [0.4, 0.5) is 10.5 Å². The Morgan fingerprint density at radius 3 is 2.50 bits per heavy atom. The number of carbonyl (C=O) groups excluding carboxylic acids is 1. The molecule has 0 radical (unpaired) electrons. The molecule has 3 rings (SSSR count). The summed E-state index contributed by atoms with van der Waals surface area (Å²) in [6, 6.07) is 21.5. The Balaban J connectivity index is 1.71. The Morgan fingerprint density at radius 1 is 1.00 bits per heavy atom. The summed E-state index contributed by atoms with van der Waals surface area (Å²) in [7, 11) is 3.40. The zero-order chi connectivity index (χ0) is 16.9. The number of ether oxygens (including phenoxy) is 1. The summed E-state index contributed by atoms with van der Waals surface area (Å²) in [6.45, 7) is 0.476. The van der Waals surface area contributed by atoms with Gasteiger partial charge in [-0.05, 0) is 29.0 Å². The SMILES string of the molecule is COc1ccccc1CN(C)C(=O)Nc1ccc2ccccc2c1. The van der Waals surface area contributed by atoms with Crippen molar-refractivity contribution in [2.45, 2.75) is 6.54 Å². The fourth-order valence-corrected chi connectivity index (χ4v) is 2.65. The highest BCUT2D eigenvalue weighted by molar-refractivity contribution is 5.93. The molecular weight excluding hydrogens is 300 g/mol. The molecule has 0 spiro atoms. The third kappa shape index (κ3) is 3.49. The van der Waals surface area contributed by atoms with Gasteiger partial charge in [-0.15, -0.1) is 0 Å². The second-order valence-corrected chi connectivity index (χ2v) is 5.66.